The molecule has 0 radical (unpaired) electrons. The van der Waals surface area contributed by atoms with Gasteiger partial charge in [0.25, 0.3) is 0 Å². The van der Waals surface area contributed by atoms with Gasteiger partial charge in [0.15, 0.2) is 11.6 Å². The van der Waals surface area contributed by atoms with Crippen molar-refractivity contribution in [2.75, 3.05) is 13.7 Å². The first-order valence-corrected chi connectivity index (χ1v) is 7.13. The lowest BCUT2D eigenvalue weighted by Crippen LogP contribution is -2.24. The Morgan fingerprint density at radius 3 is 2.81 bits per heavy atom. The van der Waals surface area contributed by atoms with E-state index >= 15 is 0 Å². The summed E-state index contributed by atoms with van der Waals surface area (Å²) in [6.07, 6.45) is 2.32. The van der Waals surface area contributed by atoms with E-state index in [0.29, 0.717) is 12.0 Å². The SMILES string of the molecule is CCNC(Cc1cccc(OC)c1F)c1cc(C)ccn1. The number of aromatic nitrogens is 1. The maximum atomic E-state index is 14.3. The molecule has 1 N–H and O–H groups in total. The Balaban J connectivity index is 2.28. The highest BCUT2D eigenvalue weighted by Crippen LogP contribution is 2.24. The van der Waals surface area contributed by atoms with Crippen LogP contribution in [0.3, 0.4) is 0 Å². The average Bonchev–Trinajstić information content (AvgIpc) is 2.48. The largest absolute Gasteiger partial charge is 0.494 e. The summed E-state index contributed by atoms with van der Waals surface area (Å²) in [6.45, 7) is 4.86. The molecule has 0 aliphatic rings. The minimum absolute atomic E-state index is 0.0171. The van der Waals surface area contributed by atoms with Crippen LogP contribution < -0.4 is 10.1 Å². The monoisotopic (exact) mass is 288 g/mol. The normalized spacial score (nSPS) is 12.2. The Kier molecular flexibility index (Phi) is 5.28. The van der Waals surface area contributed by atoms with Gasteiger partial charge < -0.3 is 10.1 Å². The van der Waals surface area contributed by atoms with E-state index in [1.807, 2.05) is 32.0 Å². The van der Waals surface area contributed by atoms with Gasteiger partial charge in [0.1, 0.15) is 0 Å². The van der Waals surface area contributed by atoms with E-state index in [2.05, 4.69) is 10.3 Å². The number of hydrogen-bond donors (Lipinski definition) is 1. The molecule has 1 atom stereocenters. The van der Waals surface area contributed by atoms with E-state index in [1.54, 1.807) is 18.3 Å². The third kappa shape index (κ3) is 3.79. The van der Waals surface area contributed by atoms with E-state index in [1.165, 1.54) is 7.11 Å². The topological polar surface area (TPSA) is 34.1 Å². The molecule has 112 valence electrons. The first-order valence-electron chi connectivity index (χ1n) is 7.13. The zero-order chi connectivity index (χ0) is 15.2. The Bertz CT molecular complexity index is 601. The highest BCUT2D eigenvalue weighted by molar-refractivity contribution is 5.32. The van der Waals surface area contributed by atoms with Crippen LogP contribution in [0.25, 0.3) is 0 Å². The standard InChI is InChI=1S/C17H21FN2O/c1-4-19-15(14-10-12(2)8-9-20-14)11-13-6-5-7-16(21-3)17(13)18/h5-10,15,19H,4,11H2,1-3H3. The van der Waals surface area contributed by atoms with Crippen LogP contribution in [0.1, 0.15) is 29.8 Å². The van der Waals surface area contributed by atoms with Gasteiger partial charge in [0.2, 0.25) is 0 Å². The van der Waals surface area contributed by atoms with Gasteiger partial charge in [-0.3, -0.25) is 4.98 Å². The summed E-state index contributed by atoms with van der Waals surface area (Å²) in [7, 11) is 1.48. The van der Waals surface area contributed by atoms with Gasteiger partial charge in [0, 0.05) is 6.20 Å². The molecule has 1 unspecified atom stereocenters. The van der Waals surface area contributed by atoms with Crippen molar-refractivity contribution in [1.29, 1.82) is 0 Å². The van der Waals surface area contributed by atoms with Gasteiger partial charge in [-0.05, 0) is 49.2 Å². The Morgan fingerprint density at radius 1 is 1.33 bits per heavy atom. The Labute approximate surface area is 125 Å². The maximum Gasteiger partial charge on any atom is 0.168 e. The number of hydrogen-bond acceptors (Lipinski definition) is 3. The number of methoxy groups -OCH3 is 1. The molecule has 1 aromatic carbocycles. The number of aryl methyl sites for hydroxylation is 1. The molecule has 1 aromatic heterocycles. The lowest BCUT2D eigenvalue weighted by Gasteiger charge is -2.18. The van der Waals surface area contributed by atoms with Crippen molar-refractivity contribution in [3.63, 3.8) is 0 Å². The van der Waals surface area contributed by atoms with E-state index in [9.17, 15) is 4.39 Å². The van der Waals surface area contributed by atoms with Gasteiger partial charge in [0.05, 0.1) is 18.8 Å². The molecule has 4 heteroatoms. The number of nitrogens with one attached hydrogen (secondary N) is 1. The second-order valence-electron chi connectivity index (χ2n) is 5.01. The molecule has 2 aromatic rings. The number of nitrogens with zero attached hydrogens (tertiary/aromatic N) is 1. The average molecular weight is 288 g/mol. The maximum absolute atomic E-state index is 14.3. The molecule has 21 heavy (non-hydrogen) atoms. The minimum Gasteiger partial charge on any atom is -0.494 e. The van der Waals surface area contributed by atoms with Crippen LogP contribution in [0.2, 0.25) is 0 Å². The van der Waals surface area contributed by atoms with Gasteiger partial charge in [-0.1, -0.05) is 19.1 Å². The number of benzene rings is 1. The summed E-state index contributed by atoms with van der Waals surface area (Å²) in [5.74, 6) is -0.0180. The van der Waals surface area contributed by atoms with Crippen molar-refractivity contribution in [2.45, 2.75) is 26.3 Å². The second kappa shape index (κ2) is 7.18. The van der Waals surface area contributed by atoms with Crippen LogP contribution in [0.4, 0.5) is 4.39 Å². The molecular formula is C17H21FN2O. The third-order valence-corrected chi connectivity index (χ3v) is 3.43. The number of halogens is 1. The molecule has 3 nitrogen and oxygen atoms in total. The predicted molar refractivity (Wildman–Crippen MR) is 82.0 cm³/mol. The molecule has 0 bridgehead atoms. The smallest absolute Gasteiger partial charge is 0.168 e. The lowest BCUT2D eigenvalue weighted by atomic mass is 10.0. The first kappa shape index (κ1) is 15.4. The summed E-state index contributed by atoms with van der Waals surface area (Å²) in [6, 6.07) is 9.20. The van der Waals surface area contributed by atoms with Gasteiger partial charge in [-0.2, -0.15) is 0 Å². The Morgan fingerprint density at radius 2 is 2.14 bits per heavy atom. The summed E-state index contributed by atoms with van der Waals surface area (Å²) in [4.78, 5) is 4.41. The predicted octanol–water partition coefficient (Wildman–Crippen LogP) is 3.43. The molecule has 1 heterocycles. The molecule has 0 aliphatic carbocycles. The molecular weight excluding hydrogens is 267 g/mol. The molecule has 0 aliphatic heterocycles. The molecule has 0 saturated carbocycles. The number of likely N-dealkylation sites (N-methyl/N-ethyl adjacent to an activating group) is 1. The van der Waals surface area contributed by atoms with Crippen LogP contribution in [-0.4, -0.2) is 18.6 Å². The van der Waals surface area contributed by atoms with Crippen LogP contribution >= 0.6 is 0 Å². The minimum atomic E-state index is -0.296. The van der Waals surface area contributed by atoms with Crippen LogP contribution in [0, 0.1) is 12.7 Å². The van der Waals surface area contributed by atoms with Crippen molar-refractivity contribution in [2.24, 2.45) is 0 Å². The number of pyridine rings is 1. The second-order valence-corrected chi connectivity index (χ2v) is 5.01. The third-order valence-electron chi connectivity index (χ3n) is 3.43. The van der Waals surface area contributed by atoms with E-state index in [-0.39, 0.29) is 17.6 Å². The first-order chi connectivity index (χ1) is 10.2. The fourth-order valence-electron chi connectivity index (χ4n) is 2.37. The summed E-state index contributed by atoms with van der Waals surface area (Å²) < 4.78 is 19.3. The van der Waals surface area contributed by atoms with E-state index < -0.39 is 0 Å². The molecule has 0 fully saturated rings. The van der Waals surface area contributed by atoms with Crippen molar-refractivity contribution >= 4 is 0 Å². The fraction of sp³-hybridized carbons (Fsp3) is 0.353. The van der Waals surface area contributed by atoms with E-state index in [4.69, 9.17) is 4.74 Å². The summed E-state index contributed by atoms with van der Waals surface area (Å²) >= 11 is 0. The number of rotatable bonds is 6. The lowest BCUT2D eigenvalue weighted by molar-refractivity contribution is 0.382. The van der Waals surface area contributed by atoms with Crippen LogP contribution in [0.5, 0.6) is 5.75 Å². The van der Waals surface area contributed by atoms with Crippen molar-refractivity contribution in [3.05, 3.63) is 59.2 Å². The van der Waals surface area contributed by atoms with Crippen molar-refractivity contribution in [1.82, 2.24) is 10.3 Å². The van der Waals surface area contributed by atoms with Crippen molar-refractivity contribution < 1.29 is 9.13 Å². The molecule has 0 amide bonds. The summed E-state index contributed by atoms with van der Waals surface area (Å²) in [5, 5.41) is 3.37. The van der Waals surface area contributed by atoms with Crippen LogP contribution in [0.15, 0.2) is 36.5 Å². The van der Waals surface area contributed by atoms with Gasteiger partial charge in [-0.25, -0.2) is 4.39 Å². The molecule has 2 rings (SSSR count). The molecule has 0 saturated heterocycles. The highest BCUT2D eigenvalue weighted by Gasteiger charge is 2.17. The summed E-state index contributed by atoms with van der Waals surface area (Å²) in [5.41, 5.74) is 2.71. The van der Waals surface area contributed by atoms with Gasteiger partial charge >= 0.3 is 0 Å². The number of ether oxygens (including phenoxy) is 1. The fourth-order valence-corrected chi connectivity index (χ4v) is 2.37. The van der Waals surface area contributed by atoms with Gasteiger partial charge in [-0.15, -0.1) is 0 Å². The highest BCUT2D eigenvalue weighted by atomic mass is 19.1. The Hall–Kier alpha value is -1.94. The zero-order valence-electron chi connectivity index (χ0n) is 12.7. The molecule has 0 spiro atoms. The van der Waals surface area contributed by atoms with Crippen LogP contribution in [-0.2, 0) is 6.42 Å². The quantitative estimate of drug-likeness (QED) is 0.884. The van der Waals surface area contributed by atoms with Crippen molar-refractivity contribution in [3.8, 4) is 5.75 Å². The van der Waals surface area contributed by atoms with E-state index in [0.717, 1.165) is 17.8 Å². The zero-order valence-corrected chi connectivity index (χ0v) is 12.7.